The van der Waals surface area contributed by atoms with Gasteiger partial charge in [-0.2, -0.15) is 10.4 Å². The molecule has 0 atom stereocenters. The second-order valence-electron chi connectivity index (χ2n) is 9.51. The van der Waals surface area contributed by atoms with Gasteiger partial charge in [-0.25, -0.2) is 31.3 Å². The van der Waals surface area contributed by atoms with Crippen LogP contribution in [0.1, 0.15) is 12.8 Å². The minimum absolute atomic E-state index is 0.0237. The molecule has 9 nitrogen and oxygen atoms in total. The van der Waals surface area contributed by atoms with E-state index in [1.54, 1.807) is 4.90 Å². The van der Waals surface area contributed by atoms with Crippen LogP contribution >= 0.6 is 11.6 Å². The predicted molar refractivity (Wildman–Crippen MR) is 128 cm³/mol. The Labute approximate surface area is 221 Å². The molecule has 0 amide bonds. The summed E-state index contributed by atoms with van der Waals surface area (Å²) >= 11 is 5.97. The van der Waals surface area contributed by atoms with E-state index in [9.17, 15) is 36.8 Å². The van der Waals surface area contributed by atoms with Crippen molar-refractivity contribution in [2.75, 3.05) is 24.6 Å². The van der Waals surface area contributed by atoms with Crippen LogP contribution in [0.5, 0.6) is 5.75 Å². The molecule has 2 aliphatic rings. The summed E-state index contributed by atoms with van der Waals surface area (Å²) in [6.07, 6.45) is -2.50. The number of alkyl halides is 4. The molecule has 1 aliphatic heterocycles. The van der Waals surface area contributed by atoms with Gasteiger partial charge in [0.1, 0.15) is 30.5 Å². The third-order valence-corrected chi connectivity index (χ3v) is 6.89. The maximum absolute atomic E-state index is 14.0. The Kier molecular flexibility index (Phi) is 6.58. The molecule has 1 saturated heterocycles. The van der Waals surface area contributed by atoms with Crippen molar-refractivity contribution in [2.24, 2.45) is 5.41 Å². The van der Waals surface area contributed by atoms with Crippen LogP contribution in [0.2, 0.25) is 5.02 Å². The lowest BCUT2D eigenvalue weighted by molar-refractivity contribution is -0.170. The Morgan fingerprint density at radius 2 is 1.90 bits per heavy atom. The number of hydrogen-bond acceptors (Lipinski definition) is 7. The van der Waals surface area contributed by atoms with E-state index >= 15 is 0 Å². The SMILES string of the molecule is N#CCn1c(N2CC3(C2)CC(F)(F)C3)c(-c2ccc(F)c(Cl)c2)c(=O)n(-c2cc(OCC(F)F)cnn2)c1=O. The standard InChI is InChI=1S/C24H18ClF5N6O3/c25-15-5-13(1-2-16(15)26)19-20(34-11-23(12-34)9-24(29,30)10-23)35(4-3-31)22(38)36(21(19)37)18-6-14(7-32-33-18)39-8-17(27)28/h1-2,5-7,17H,4,8-12H2. The van der Waals surface area contributed by atoms with E-state index in [0.717, 1.165) is 29.0 Å². The second kappa shape index (κ2) is 9.64. The number of aromatic nitrogens is 4. The predicted octanol–water partition coefficient (Wildman–Crippen LogP) is 3.65. The van der Waals surface area contributed by atoms with E-state index < -0.39 is 48.0 Å². The first kappa shape index (κ1) is 26.6. The molecule has 39 heavy (non-hydrogen) atoms. The number of ether oxygens (including phenoxy) is 1. The maximum Gasteiger partial charge on any atom is 0.339 e. The summed E-state index contributed by atoms with van der Waals surface area (Å²) in [4.78, 5) is 29.0. The molecule has 0 unspecified atom stereocenters. The summed E-state index contributed by atoms with van der Waals surface area (Å²) in [6, 6.07) is 6.30. The average Bonchev–Trinajstić information content (AvgIpc) is 2.83. The van der Waals surface area contributed by atoms with Crippen LogP contribution in [0.4, 0.5) is 27.8 Å². The first-order valence-corrected chi connectivity index (χ1v) is 11.9. The number of benzene rings is 1. The van der Waals surface area contributed by atoms with Crippen molar-refractivity contribution in [3.05, 3.63) is 62.1 Å². The van der Waals surface area contributed by atoms with Gasteiger partial charge in [0.15, 0.2) is 5.82 Å². The average molecular weight is 569 g/mol. The molecule has 1 aromatic carbocycles. The number of anilines is 1. The van der Waals surface area contributed by atoms with Gasteiger partial charge >= 0.3 is 5.69 Å². The van der Waals surface area contributed by atoms with Gasteiger partial charge in [0.05, 0.1) is 22.9 Å². The highest BCUT2D eigenvalue weighted by Crippen LogP contribution is 2.57. The third-order valence-electron chi connectivity index (χ3n) is 6.60. The first-order chi connectivity index (χ1) is 18.4. The normalized spacial score (nSPS) is 17.0. The van der Waals surface area contributed by atoms with Gasteiger partial charge in [-0.15, -0.1) is 5.10 Å². The summed E-state index contributed by atoms with van der Waals surface area (Å²) in [5, 5.41) is 16.6. The van der Waals surface area contributed by atoms with Crippen LogP contribution in [-0.4, -0.2) is 51.4 Å². The highest BCUT2D eigenvalue weighted by molar-refractivity contribution is 6.31. The van der Waals surface area contributed by atoms with E-state index in [1.165, 1.54) is 6.07 Å². The van der Waals surface area contributed by atoms with E-state index in [4.69, 9.17) is 16.3 Å². The van der Waals surface area contributed by atoms with E-state index in [2.05, 4.69) is 10.2 Å². The Morgan fingerprint density at radius 1 is 1.18 bits per heavy atom. The molecule has 1 saturated carbocycles. The fourth-order valence-corrected chi connectivity index (χ4v) is 5.34. The van der Waals surface area contributed by atoms with Crippen LogP contribution in [-0.2, 0) is 6.54 Å². The number of rotatable bonds is 7. The lowest BCUT2D eigenvalue weighted by Gasteiger charge is -2.59. The summed E-state index contributed by atoms with van der Waals surface area (Å²) in [5.74, 6) is -4.19. The molecular weight excluding hydrogens is 551 g/mol. The molecule has 1 aliphatic carbocycles. The van der Waals surface area contributed by atoms with Crippen LogP contribution in [0.25, 0.3) is 16.9 Å². The molecule has 3 aromatic rings. The first-order valence-electron chi connectivity index (χ1n) is 11.5. The summed E-state index contributed by atoms with van der Waals surface area (Å²) in [6.45, 7) is -1.34. The second-order valence-corrected chi connectivity index (χ2v) is 9.92. The Morgan fingerprint density at radius 3 is 2.51 bits per heavy atom. The van der Waals surface area contributed by atoms with E-state index in [-0.39, 0.29) is 59.5 Å². The molecule has 0 bridgehead atoms. The van der Waals surface area contributed by atoms with Crippen molar-refractivity contribution >= 4 is 17.4 Å². The van der Waals surface area contributed by atoms with Gasteiger partial charge in [0, 0.05) is 37.4 Å². The molecule has 2 fully saturated rings. The van der Waals surface area contributed by atoms with Crippen LogP contribution in [0.3, 0.4) is 0 Å². The van der Waals surface area contributed by atoms with Gasteiger partial charge in [0.2, 0.25) is 5.92 Å². The quantitative estimate of drug-likeness (QED) is 0.401. The van der Waals surface area contributed by atoms with Crippen molar-refractivity contribution < 1.29 is 26.7 Å². The van der Waals surface area contributed by atoms with Crippen LogP contribution < -0.4 is 20.9 Å². The fraction of sp³-hybridized carbons (Fsp3) is 0.375. The highest BCUT2D eigenvalue weighted by Gasteiger charge is 2.62. The molecule has 3 heterocycles. The molecule has 5 rings (SSSR count). The van der Waals surface area contributed by atoms with Crippen LogP contribution in [0, 0.1) is 22.6 Å². The molecule has 0 N–H and O–H groups in total. The van der Waals surface area contributed by atoms with Crippen LogP contribution in [0.15, 0.2) is 40.1 Å². The fourth-order valence-electron chi connectivity index (χ4n) is 5.16. The Hall–Kier alpha value is -3.99. The summed E-state index contributed by atoms with van der Waals surface area (Å²) in [7, 11) is 0. The van der Waals surface area contributed by atoms with Gasteiger partial charge < -0.3 is 9.64 Å². The largest absolute Gasteiger partial charge is 0.486 e. The smallest absolute Gasteiger partial charge is 0.339 e. The lowest BCUT2D eigenvalue weighted by Crippen LogP contribution is -2.67. The monoisotopic (exact) mass is 568 g/mol. The molecule has 15 heteroatoms. The van der Waals surface area contributed by atoms with Crippen molar-refractivity contribution in [3.63, 3.8) is 0 Å². The van der Waals surface area contributed by atoms with Crippen molar-refractivity contribution in [1.29, 1.82) is 5.26 Å². The summed E-state index contributed by atoms with van der Waals surface area (Å²) < 4.78 is 72.9. The molecular formula is C24H18ClF5N6O3. The maximum atomic E-state index is 14.0. The Balaban J connectivity index is 1.71. The zero-order valence-corrected chi connectivity index (χ0v) is 20.6. The van der Waals surface area contributed by atoms with E-state index in [0.29, 0.717) is 4.57 Å². The number of hydrogen-bond donors (Lipinski definition) is 0. The van der Waals surface area contributed by atoms with Gasteiger partial charge in [0.25, 0.3) is 12.0 Å². The van der Waals surface area contributed by atoms with Crippen molar-refractivity contribution in [2.45, 2.75) is 31.7 Å². The zero-order chi connectivity index (χ0) is 28.1. The number of halogens is 6. The minimum Gasteiger partial charge on any atom is -0.486 e. The third kappa shape index (κ3) is 4.82. The summed E-state index contributed by atoms with van der Waals surface area (Å²) in [5.41, 5.74) is -2.78. The molecule has 2 aromatic heterocycles. The zero-order valence-electron chi connectivity index (χ0n) is 19.9. The number of nitriles is 1. The van der Waals surface area contributed by atoms with Gasteiger partial charge in [-0.05, 0) is 17.7 Å². The van der Waals surface area contributed by atoms with Crippen molar-refractivity contribution in [3.8, 4) is 28.8 Å². The highest BCUT2D eigenvalue weighted by atomic mass is 35.5. The lowest BCUT2D eigenvalue weighted by atomic mass is 9.61. The Bertz CT molecular complexity index is 1600. The molecule has 1 spiro atoms. The number of nitrogens with zero attached hydrogens (tertiary/aromatic N) is 6. The van der Waals surface area contributed by atoms with Crippen molar-refractivity contribution in [1.82, 2.24) is 19.3 Å². The van der Waals surface area contributed by atoms with E-state index in [1.807, 2.05) is 6.07 Å². The topological polar surface area (TPSA) is 106 Å². The molecule has 204 valence electrons. The van der Waals surface area contributed by atoms with Gasteiger partial charge in [-0.1, -0.05) is 17.7 Å². The van der Waals surface area contributed by atoms with Gasteiger partial charge in [-0.3, -0.25) is 9.36 Å². The minimum atomic E-state index is -2.80. The molecule has 0 radical (unpaired) electrons.